The second kappa shape index (κ2) is 6.57. The van der Waals surface area contributed by atoms with Crippen LogP contribution >= 0.6 is 0 Å². The van der Waals surface area contributed by atoms with Crippen molar-refractivity contribution in [2.24, 2.45) is 0 Å². The van der Waals surface area contributed by atoms with E-state index >= 15 is 0 Å². The van der Waals surface area contributed by atoms with Crippen LogP contribution in [-0.2, 0) is 4.74 Å². The fourth-order valence-electron chi connectivity index (χ4n) is 3.08. The number of hydrogen-bond acceptors (Lipinski definition) is 4. The summed E-state index contributed by atoms with van der Waals surface area (Å²) in [6.45, 7) is 0.780. The maximum Gasteiger partial charge on any atom is 0.259 e. The molecule has 6 nitrogen and oxygen atoms in total. The number of para-hydroxylation sites is 1. The largest absolute Gasteiger partial charge is 0.496 e. The first-order valence-corrected chi connectivity index (χ1v) is 8.30. The average Bonchev–Trinajstić information content (AvgIpc) is 3.30. The summed E-state index contributed by atoms with van der Waals surface area (Å²) in [4.78, 5) is 20.4. The van der Waals surface area contributed by atoms with E-state index in [0.29, 0.717) is 17.0 Å². The molecule has 1 aliphatic rings. The van der Waals surface area contributed by atoms with Crippen molar-refractivity contribution in [1.29, 1.82) is 0 Å². The number of nitrogens with one attached hydrogen (secondary N) is 2. The Balaban J connectivity index is 1.58. The number of fused-ring (bicyclic) bond motifs is 1. The van der Waals surface area contributed by atoms with Crippen molar-refractivity contribution < 1.29 is 14.3 Å². The van der Waals surface area contributed by atoms with E-state index in [1.54, 1.807) is 19.2 Å². The lowest BCUT2D eigenvalue weighted by Crippen LogP contribution is -2.13. The summed E-state index contributed by atoms with van der Waals surface area (Å²) in [5.74, 6) is 1.18. The summed E-state index contributed by atoms with van der Waals surface area (Å²) in [7, 11) is 1.55. The number of benzene rings is 2. The van der Waals surface area contributed by atoms with E-state index < -0.39 is 0 Å². The lowest BCUT2D eigenvalue weighted by atomic mass is 10.2. The van der Waals surface area contributed by atoms with Crippen LogP contribution in [0.1, 0.15) is 35.1 Å². The second-order valence-electron chi connectivity index (χ2n) is 6.01. The van der Waals surface area contributed by atoms with Crippen LogP contribution in [-0.4, -0.2) is 29.6 Å². The number of anilines is 1. The molecule has 0 spiro atoms. The third kappa shape index (κ3) is 3.08. The predicted molar refractivity (Wildman–Crippen MR) is 95.0 cm³/mol. The fourth-order valence-corrected chi connectivity index (χ4v) is 3.08. The van der Waals surface area contributed by atoms with Crippen LogP contribution in [0.2, 0.25) is 0 Å². The summed E-state index contributed by atoms with van der Waals surface area (Å²) < 4.78 is 10.9. The maximum atomic E-state index is 12.5. The molecule has 1 saturated heterocycles. The van der Waals surface area contributed by atoms with Gasteiger partial charge in [-0.3, -0.25) is 4.79 Å². The highest BCUT2D eigenvalue weighted by Gasteiger charge is 2.21. The lowest BCUT2D eigenvalue weighted by Gasteiger charge is -2.09. The van der Waals surface area contributed by atoms with Gasteiger partial charge < -0.3 is 19.8 Å². The molecule has 4 rings (SSSR count). The number of ether oxygens (including phenoxy) is 2. The molecule has 2 N–H and O–H groups in total. The van der Waals surface area contributed by atoms with E-state index in [1.165, 1.54) is 0 Å². The van der Waals surface area contributed by atoms with Crippen LogP contribution in [0.5, 0.6) is 5.75 Å². The molecule has 1 amide bonds. The van der Waals surface area contributed by atoms with Gasteiger partial charge in [0, 0.05) is 12.3 Å². The van der Waals surface area contributed by atoms with Gasteiger partial charge in [-0.25, -0.2) is 4.98 Å². The van der Waals surface area contributed by atoms with Gasteiger partial charge in [0.15, 0.2) is 0 Å². The molecule has 2 heterocycles. The highest BCUT2D eigenvalue weighted by Crippen LogP contribution is 2.29. The molecule has 1 aliphatic heterocycles. The number of H-pyrrole nitrogens is 1. The van der Waals surface area contributed by atoms with Crippen LogP contribution in [0.4, 0.5) is 5.69 Å². The molecule has 1 aromatic heterocycles. The smallest absolute Gasteiger partial charge is 0.259 e. The molecule has 0 saturated carbocycles. The van der Waals surface area contributed by atoms with Crippen molar-refractivity contribution in [3.8, 4) is 5.75 Å². The molecule has 1 atom stereocenters. The SMILES string of the molecule is COc1ccccc1C(=O)Nc1ccc2nc(C3CCCO3)[nH]c2c1. The van der Waals surface area contributed by atoms with Crippen molar-refractivity contribution in [3.63, 3.8) is 0 Å². The second-order valence-corrected chi connectivity index (χ2v) is 6.01. The number of nitrogens with zero attached hydrogens (tertiary/aromatic N) is 1. The standard InChI is InChI=1S/C19H19N3O3/c1-24-16-6-3-2-5-13(16)19(23)20-12-8-9-14-15(11-12)22-18(21-14)17-7-4-10-25-17/h2-3,5-6,8-9,11,17H,4,7,10H2,1H3,(H,20,23)(H,21,22). The molecule has 25 heavy (non-hydrogen) atoms. The first-order valence-electron chi connectivity index (χ1n) is 8.30. The molecule has 3 aromatic rings. The van der Waals surface area contributed by atoms with Crippen molar-refractivity contribution in [1.82, 2.24) is 9.97 Å². The lowest BCUT2D eigenvalue weighted by molar-refractivity contribution is 0.102. The van der Waals surface area contributed by atoms with Crippen molar-refractivity contribution in [2.45, 2.75) is 18.9 Å². The molecule has 128 valence electrons. The third-order valence-corrected chi connectivity index (χ3v) is 4.34. The van der Waals surface area contributed by atoms with E-state index in [4.69, 9.17) is 9.47 Å². The minimum atomic E-state index is -0.212. The zero-order valence-corrected chi connectivity index (χ0v) is 13.9. The Labute approximate surface area is 145 Å². The topological polar surface area (TPSA) is 76.2 Å². The van der Waals surface area contributed by atoms with Crippen molar-refractivity contribution >= 4 is 22.6 Å². The zero-order chi connectivity index (χ0) is 17.2. The van der Waals surface area contributed by atoms with E-state index in [9.17, 15) is 4.79 Å². The number of carbonyl (C=O) groups excluding carboxylic acids is 1. The normalized spacial score (nSPS) is 16.9. The number of methoxy groups -OCH3 is 1. The number of amides is 1. The molecule has 0 bridgehead atoms. The molecule has 1 unspecified atom stereocenters. The predicted octanol–water partition coefficient (Wildman–Crippen LogP) is 3.68. The Kier molecular flexibility index (Phi) is 4.11. The number of aromatic amines is 1. The van der Waals surface area contributed by atoms with Gasteiger partial charge in [-0.15, -0.1) is 0 Å². The Morgan fingerprint density at radius 1 is 1.32 bits per heavy atom. The zero-order valence-electron chi connectivity index (χ0n) is 13.9. The van der Waals surface area contributed by atoms with E-state index in [-0.39, 0.29) is 12.0 Å². The minimum Gasteiger partial charge on any atom is -0.496 e. The fraction of sp³-hybridized carbons (Fsp3) is 0.263. The average molecular weight is 337 g/mol. The molecule has 2 aromatic carbocycles. The van der Waals surface area contributed by atoms with Gasteiger partial charge in [0.25, 0.3) is 5.91 Å². The van der Waals surface area contributed by atoms with Gasteiger partial charge in [-0.2, -0.15) is 0 Å². The Hall–Kier alpha value is -2.86. The van der Waals surface area contributed by atoms with Crippen molar-refractivity contribution in [2.75, 3.05) is 19.0 Å². The summed E-state index contributed by atoms with van der Waals surface area (Å²) in [5, 5.41) is 2.91. The third-order valence-electron chi connectivity index (χ3n) is 4.34. The van der Waals surface area contributed by atoms with Crippen LogP contribution in [0.25, 0.3) is 11.0 Å². The van der Waals surface area contributed by atoms with Gasteiger partial charge in [-0.05, 0) is 43.2 Å². The minimum absolute atomic E-state index is 0.0408. The molecule has 1 fully saturated rings. The summed E-state index contributed by atoms with van der Waals surface area (Å²) in [5.41, 5.74) is 2.94. The molecule has 0 radical (unpaired) electrons. The van der Waals surface area contributed by atoms with Gasteiger partial charge in [-0.1, -0.05) is 12.1 Å². The van der Waals surface area contributed by atoms with Gasteiger partial charge in [0.05, 0.1) is 23.7 Å². The Bertz CT molecular complexity index is 913. The quantitative estimate of drug-likeness (QED) is 0.761. The first-order chi connectivity index (χ1) is 12.2. The number of hydrogen-bond donors (Lipinski definition) is 2. The molecule has 0 aliphatic carbocycles. The van der Waals surface area contributed by atoms with E-state index in [0.717, 1.165) is 36.3 Å². The monoisotopic (exact) mass is 337 g/mol. The molecule has 6 heteroatoms. The molecular weight excluding hydrogens is 318 g/mol. The number of imidazole rings is 1. The first kappa shape index (κ1) is 15.7. The van der Waals surface area contributed by atoms with Crippen LogP contribution in [0.3, 0.4) is 0 Å². The highest BCUT2D eigenvalue weighted by molar-refractivity contribution is 6.06. The van der Waals surface area contributed by atoms with Crippen molar-refractivity contribution in [3.05, 3.63) is 53.9 Å². The van der Waals surface area contributed by atoms with Gasteiger partial charge >= 0.3 is 0 Å². The Morgan fingerprint density at radius 2 is 2.20 bits per heavy atom. The number of rotatable bonds is 4. The Morgan fingerprint density at radius 3 is 3.00 bits per heavy atom. The highest BCUT2D eigenvalue weighted by atomic mass is 16.5. The van der Waals surface area contributed by atoms with E-state index in [1.807, 2.05) is 30.3 Å². The summed E-state index contributed by atoms with van der Waals surface area (Å²) in [6.07, 6.45) is 2.08. The number of aromatic nitrogens is 2. The number of carbonyl (C=O) groups is 1. The maximum absolute atomic E-state index is 12.5. The van der Waals surface area contributed by atoms with Crippen LogP contribution < -0.4 is 10.1 Å². The summed E-state index contributed by atoms with van der Waals surface area (Å²) in [6, 6.07) is 12.8. The summed E-state index contributed by atoms with van der Waals surface area (Å²) >= 11 is 0. The molecular formula is C19H19N3O3. The van der Waals surface area contributed by atoms with E-state index in [2.05, 4.69) is 15.3 Å². The van der Waals surface area contributed by atoms with Gasteiger partial charge in [0.2, 0.25) is 0 Å². The van der Waals surface area contributed by atoms with Crippen LogP contribution in [0.15, 0.2) is 42.5 Å². The van der Waals surface area contributed by atoms with Crippen LogP contribution in [0, 0.1) is 0 Å². The van der Waals surface area contributed by atoms with Gasteiger partial charge in [0.1, 0.15) is 17.7 Å².